The number of carbonyl (C=O) groups excluding carboxylic acids is 1. The number of hydrogen-bond acceptors (Lipinski definition) is 2. The van der Waals surface area contributed by atoms with Gasteiger partial charge in [-0.1, -0.05) is 11.6 Å². The van der Waals surface area contributed by atoms with Crippen molar-refractivity contribution in [3.05, 3.63) is 29.0 Å². The number of nitrogens with two attached hydrogens (primary N) is 1. The van der Waals surface area contributed by atoms with Crippen molar-refractivity contribution in [3.8, 4) is 0 Å². The molecule has 0 bridgehead atoms. The van der Waals surface area contributed by atoms with E-state index in [9.17, 15) is 9.18 Å². The van der Waals surface area contributed by atoms with Crippen LogP contribution in [-0.2, 0) is 4.79 Å². The van der Waals surface area contributed by atoms with Gasteiger partial charge in [0.2, 0.25) is 5.91 Å². The highest BCUT2D eigenvalue weighted by Crippen LogP contribution is 2.17. The van der Waals surface area contributed by atoms with E-state index in [1.54, 1.807) is 0 Å². The van der Waals surface area contributed by atoms with Crippen molar-refractivity contribution in [1.29, 1.82) is 0 Å². The van der Waals surface area contributed by atoms with Crippen LogP contribution in [0.4, 0.5) is 10.1 Å². The first-order valence-electron chi connectivity index (χ1n) is 4.08. The fourth-order valence-electron chi connectivity index (χ4n) is 0.981. The van der Waals surface area contributed by atoms with Gasteiger partial charge in [-0.05, 0) is 18.2 Å². The van der Waals surface area contributed by atoms with Gasteiger partial charge in [0, 0.05) is 23.7 Å². The average molecular weight is 217 g/mol. The number of anilines is 1. The van der Waals surface area contributed by atoms with Crippen LogP contribution < -0.4 is 11.1 Å². The highest BCUT2D eigenvalue weighted by Gasteiger charge is 2.03. The Balaban J connectivity index is 2.71. The lowest BCUT2D eigenvalue weighted by molar-refractivity contribution is -0.116. The molecule has 0 heterocycles. The highest BCUT2D eigenvalue weighted by molar-refractivity contribution is 6.30. The normalized spacial score (nSPS) is 9.93. The first kappa shape index (κ1) is 10.9. The van der Waals surface area contributed by atoms with E-state index in [1.165, 1.54) is 18.2 Å². The number of nitrogens with one attached hydrogen (secondary N) is 1. The maximum Gasteiger partial charge on any atom is 0.225 e. The molecule has 0 saturated heterocycles. The van der Waals surface area contributed by atoms with Crippen molar-refractivity contribution in [2.45, 2.75) is 6.42 Å². The Morgan fingerprint density at radius 1 is 1.50 bits per heavy atom. The van der Waals surface area contributed by atoms with Crippen LogP contribution in [0.25, 0.3) is 0 Å². The monoisotopic (exact) mass is 216 g/mol. The third-order valence-electron chi connectivity index (χ3n) is 1.52. The van der Waals surface area contributed by atoms with E-state index in [4.69, 9.17) is 17.3 Å². The van der Waals surface area contributed by atoms with Gasteiger partial charge in [-0.2, -0.15) is 0 Å². The Morgan fingerprint density at radius 2 is 2.21 bits per heavy atom. The number of amides is 1. The van der Waals surface area contributed by atoms with Gasteiger partial charge in [0.05, 0.1) is 0 Å². The summed E-state index contributed by atoms with van der Waals surface area (Å²) in [4.78, 5) is 11.1. The molecule has 0 aliphatic rings. The molecule has 0 atom stereocenters. The molecule has 0 spiro atoms. The molecule has 5 heteroatoms. The third kappa shape index (κ3) is 3.32. The zero-order valence-corrected chi connectivity index (χ0v) is 8.14. The Kier molecular flexibility index (Phi) is 3.85. The second kappa shape index (κ2) is 4.93. The lowest BCUT2D eigenvalue weighted by Crippen LogP contribution is -2.16. The van der Waals surface area contributed by atoms with Crippen molar-refractivity contribution in [2.24, 2.45) is 5.73 Å². The number of halogens is 2. The lowest BCUT2D eigenvalue weighted by atomic mass is 10.3. The summed E-state index contributed by atoms with van der Waals surface area (Å²) in [6.07, 6.45) is 0.203. The molecule has 0 saturated carbocycles. The van der Waals surface area contributed by atoms with E-state index in [0.717, 1.165) is 0 Å². The maximum absolute atomic E-state index is 12.8. The maximum atomic E-state index is 12.8. The van der Waals surface area contributed by atoms with Gasteiger partial charge >= 0.3 is 0 Å². The fraction of sp³-hybridized carbons (Fsp3) is 0.222. The molecule has 1 amide bonds. The van der Waals surface area contributed by atoms with Crippen molar-refractivity contribution in [3.63, 3.8) is 0 Å². The number of rotatable bonds is 3. The molecular weight excluding hydrogens is 207 g/mol. The van der Waals surface area contributed by atoms with Gasteiger partial charge in [-0.25, -0.2) is 4.39 Å². The Bertz CT molecular complexity index is 323. The molecule has 0 fully saturated rings. The number of hydrogen-bond donors (Lipinski definition) is 2. The molecule has 0 aromatic heterocycles. The zero-order chi connectivity index (χ0) is 10.6. The van der Waals surface area contributed by atoms with Gasteiger partial charge in [0.1, 0.15) is 5.82 Å². The summed E-state index contributed by atoms with van der Waals surface area (Å²) in [6, 6.07) is 3.83. The number of carbonyl (C=O) groups is 1. The van der Waals surface area contributed by atoms with Gasteiger partial charge in [0.15, 0.2) is 0 Å². The minimum atomic E-state index is -0.486. The summed E-state index contributed by atoms with van der Waals surface area (Å²) in [6.45, 7) is 0.259. The number of benzene rings is 1. The molecule has 0 radical (unpaired) electrons. The van der Waals surface area contributed by atoms with E-state index in [2.05, 4.69) is 5.32 Å². The van der Waals surface area contributed by atoms with Gasteiger partial charge in [-0.3, -0.25) is 4.79 Å². The van der Waals surface area contributed by atoms with Crippen LogP contribution >= 0.6 is 11.6 Å². The minimum absolute atomic E-state index is 0.203. The Morgan fingerprint density at radius 3 is 2.79 bits per heavy atom. The van der Waals surface area contributed by atoms with Crippen molar-refractivity contribution in [2.75, 3.05) is 11.9 Å². The summed E-state index contributed by atoms with van der Waals surface area (Å²) < 4.78 is 12.8. The lowest BCUT2D eigenvalue weighted by Gasteiger charge is -2.04. The zero-order valence-electron chi connectivity index (χ0n) is 7.39. The molecule has 0 aliphatic heterocycles. The predicted molar refractivity (Wildman–Crippen MR) is 53.7 cm³/mol. The molecule has 0 unspecified atom stereocenters. The van der Waals surface area contributed by atoms with E-state index >= 15 is 0 Å². The molecule has 1 rings (SSSR count). The first-order valence-corrected chi connectivity index (χ1v) is 4.45. The second-order valence-electron chi connectivity index (χ2n) is 2.74. The SMILES string of the molecule is NCCC(=O)Nc1cc(F)cc(Cl)c1. The minimum Gasteiger partial charge on any atom is -0.330 e. The quantitative estimate of drug-likeness (QED) is 0.809. The molecule has 3 N–H and O–H groups in total. The summed E-state index contributed by atoms with van der Waals surface area (Å²) in [7, 11) is 0. The molecule has 14 heavy (non-hydrogen) atoms. The standard InChI is InChI=1S/C9H10ClFN2O/c10-6-3-7(11)5-8(4-6)13-9(14)1-2-12/h3-5H,1-2,12H2,(H,13,14). The van der Waals surface area contributed by atoms with Crippen molar-refractivity contribution >= 4 is 23.2 Å². The van der Waals surface area contributed by atoms with Gasteiger partial charge in [0.25, 0.3) is 0 Å². The second-order valence-corrected chi connectivity index (χ2v) is 3.18. The Labute approximate surface area is 86.0 Å². The highest BCUT2D eigenvalue weighted by atomic mass is 35.5. The van der Waals surface area contributed by atoms with Crippen LogP contribution in [0, 0.1) is 5.82 Å². The molecule has 0 aliphatic carbocycles. The molecule has 3 nitrogen and oxygen atoms in total. The van der Waals surface area contributed by atoms with Crippen LogP contribution in [0.15, 0.2) is 18.2 Å². The molecule has 76 valence electrons. The average Bonchev–Trinajstić information content (AvgIpc) is 2.01. The summed E-state index contributed by atoms with van der Waals surface area (Å²) in [5.74, 6) is -0.741. The van der Waals surface area contributed by atoms with Gasteiger partial charge in [-0.15, -0.1) is 0 Å². The Hall–Kier alpha value is -1.13. The van der Waals surface area contributed by atoms with Crippen LogP contribution in [0.5, 0.6) is 0 Å². The van der Waals surface area contributed by atoms with E-state index in [0.29, 0.717) is 5.69 Å². The fourth-order valence-corrected chi connectivity index (χ4v) is 1.20. The summed E-state index contributed by atoms with van der Waals surface area (Å²) in [5, 5.41) is 2.72. The summed E-state index contributed by atoms with van der Waals surface area (Å²) in [5.41, 5.74) is 5.52. The first-order chi connectivity index (χ1) is 6.61. The predicted octanol–water partition coefficient (Wildman–Crippen LogP) is 1.77. The van der Waals surface area contributed by atoms with Crippen LogP contribution in [-0.4, -0.2) is 12.5 Å². The van der Waals surface area contributed by atoms with E-state index < -0.39 is 5.82 Å². The van der Waals surface area contributed by atoms with Crippen molar-refractivity contribution in [1.82, 2.24) is 0 Å². The van der Waals surface area contributed by atoms with Crippen molar-refractivity contribution < 1.29 is 9.18 Å². The van der Waals surface area contributed by atoms with E-state index in [1.807, 2.05) is 0 Å². The van der Waals surface area contributed by atoms with Gasteiger partial charge < -0.3 is 11.1 Å². The van der Waals surface area contributed by atoms with E-state index in [-0.39, 0.29) is 23.9 Å². The molecule has 1 aromatic carbocycles. The van der Waals surface area contributed by atoms with Crippen LogP contribution in [0.3, 0.4) is 0 Å². The smallest absolute Gasteiger partial charge is 0.225 e. The topological polar surface area (TPSA) is 55.1 Å². The summed E-state index contributed by atoms with van der Waals surface area (Å²) >= 11 is 5.59. The molecule has 1 aromatic rings. The van der Waals surface area contributed by atoms with Crippen LogP contribution in [0.1, 0.15) is 6.42 Å². The largest absolute Gasteiger partial charge is 0.330 e. The van der Waals surface area contributed by atoms with Crippen LogP contribution in [0.2, 0.25) is 5.02 Å². The third-order valence-corrected chi connectivity index (χ3v) is 1.74. The molecular formula is C9H10ClFN2O.